The van der Waals surface area contributed by atoms with Gasteiger partial charge in [0.2, 0.25) is 0 Å². The van der Waals surface area contributed by atoms with Gasteiger partial charge in [-0.3, -0.25) is 4.99 Å². The molecule has 0 fully saturated rings. The van der Waals surface area contributed by atoms with Gasteiger partial charge >= 0.3 is 0 Å². The fourth-order valence-corrected chi connectivity index (χ4v) is 3.43. The van der Waals surface area contributed by atoms with Crippen molar-refractivity contribution in [2.45, 2.75) is 44.9 Å². The lowest BCUT2D eigenvalue weighted by molar-refractivity contribution is 0.0936. The summed E-state index contributed by atoms with van der Waals surface area (Å²) in [7, 11) is 1.76. The molecule has 1 unspecified atom stereocenters. The first kappa shape index (κ1) is 20.7. The maximum absolute atomic E-state index is 5.97. The van der Waals surface area contributed by atoms with Gasteiger partial charge in [-0.25, -0.2) is 0 Å². The number of guanidine groups is 1. The first-order valence-corrected chi connectivity index (χ1v) is 9.57. The average Bonchev–Trinajstić information content (AvgIpc) is 2.94. The predicted octanol–water partition coefficient (Wildman–Crippen LogP) is 2.13. The molecule has 2 N–H and O–H groups in total. The number of nitrogens with zero attached hydrogens (tertiary/aromatic N) is 4. The first-order chi connectivity index (χ1) is 13.3. The van der Waals surface area contributed by atoms with Crippen molar-refractivity contribution in [3.8, 4) is 11.5 Å². The molecule has 0 spiro atoms. The highest BCUT2D eigenvalue weighted by molar-refractivity contribution is 14.0. The molecule has 2 aliphatic rings. The number of benzene rings is 1. The maximum atomic E-state index is 5.97. The van der Waals surface area contributed by atoms with Crippen LogP contribution in [-0.2, 0) is 19.5 Å². The van der Waals surface area contributed by atoms with Crippen molar-refractivity contribution in [3.05, 3.63) is 35.9 Å². The van der Waals surface area contributed by atoms with Gasteiger partial charge in [0.05, 0.1) is 13.1 Å². The molecule has 8 nitrogen and oxygen atoms in total. The zero-order chi connectivity index (χ0) is 18.5. The van der Waals surface area contributed by atoms with E-state index in [2.05, 4.69) is 30.4 Å². The SMILES string of the molecule is CN=C(NCc1nnc2n1CCCCC2)NCC1COc2ccccc2O1.I. The van der Waals surface area contributed by atoms with Crippen molar-refractivity contribution in [2.24, 2.45) is 4.99 Å². The fourth-order valence-electron chi connectivity index (χ4n) is 3.43. The largest absolute Gasteiger partial charge is 0.486 e. The summed E-state index contributed by atoms with van der Waals surface area (Å²) in [6, 6.07) is 7.73. The summed E-state index contributed by atoms with van der Waals surface area (Å²) in [5, 5.41) is 15.3. The lowest BCUT2D eigenvalue weighted by Gasteiger charge is -2.27. The zero-order valence-electron chi connectivity index (χ0n) is 16.1. The van der Waals surface area contributed by atoms with E-state index in [4.69, 9.17) is 9.47 Å². The maximum Gasteiger partial charge on any atom is 0.191 e. The molecular formula is C19H27IN6O2. The van der Waals surface area contributed by atoms with Crippen molar-refractivity contribution in [3.63, 3.8) is 0 Å². The van der Waals surface area contributed by atoms with Crippen LogP contribution >= 0.6 is 24.0 Å². The second-order valence-corrected chi connectivity index (χ2v) is 6.80. The second kappa shape index (κ2) is 9.94. The molecular weight excluding hydrogens is 471 g/mol. The van der Waals surface area contributed by atoms with E-state index < -0.39 is 0 Å². The van der Waals surface area contributed by atoms with Crippen molar-refractivity contribution < 1.29 is 9.47 Å². The Morgan fingerprint density at radius 3 is 2.89 bits per heavy atom. The Labute approximate surface area is 182 Å². The van der Waals surface area contributed by atoms with Gasteiger partial charge in [-0.2, -0.15) is 0 Å². The topological polar surface area (TPSA) is 85.6 Å². The van der Waals surface area contributed by atoms with Crippen LogP contribution in [0.15, 0.2) is 29.3 Å². The van der Waals surface area contributed by atoms with Crippen LogP contribution in [0.3, 0.4) is 0 Å². The molecule has 0 saturated heterocycles. The van der Waals surface area contributed by atoms with E-state index in [1.54, 1.807) is 7.05 Å². The van der Waals surface area contributed by atoms with Crippen LogP contribution in [0.5, 0.6) is 11.5 Å². The number of para-hydroxylation sites is 2. The van der Waals surface area contributed by atoms with Crippen LogP contribution in [0.25, 0.3) is 0 Å². The van der Waals surface area contributed by atoms with Crippen LogP contribution in [0, 0.1) is 0 Å². The number of nitrogens with one attached hydrogen (secondary N) is 2. The monoisotopic (exact) mass is 498 g/mol. The second-order valence-electron chi connectivity index (χ2n) is 6.80. The van der Waals surface area contributed by atoms with Gasteiger partial charge in [-0.1, -0.05) is 18.6 Å². The minimum absolute atomic E-state index is 0. The van der Waals surface area contributed by atoms with Crippen LogP contribution < -0.4 is 20.1 Å². The molecule has 2 aliphatic heterocycles. The van der Waals surface area contributed by atoms with Crippen molar-refractivity contribution >= 4 is 29.9 Å². The number of hydrogen-bond acceptors (Lipinski definition) is 5. The summed E-state index contributed by atoms with van der Waals surface area (Å²) < 4.78 is 14.0. The van der Waals surface area contributed by atoms with E-state index in [-0.39, 0.29) is 30.1 Å². The van der Waals surface area contributed by atoms with Gasteiger partial charge in [0, 0.05) is 20.0 Å². The lowest BCUT2D eigenvalue weighted by atomic mass is 10.2. The van der Waals surface area contributed by atoms with E-state index in [1.807, 2.05) is 24.3 Å². The van der Waals surface area contributed by atoms with E-state index in [1.165, 1.54) is 19.3 Å². The third-order valence-corrected chi connectivity index (χ3v) is 4.89. The number of aromatic nitrogens is 3. The van der Waals surface area contributed by atoms with E-state index in [0.717, 1.165) is 36.1 Å². The molecule has 3 heterocycles. The van der Waals surface area contributed by atoms with E-state index in [9.17, 15) is 0 Å². The van der Waals surface area contributed by atoms with Crippen molar-refractivity contribution in [2.75, 3.05) is 20.2 Å². The molecule has 2 aromatic rings. The number of halogens is 1. The fraction of sp³-hybridized carbons (Fsp3) is 0.526. The van der Waals surface area contributed by atoms with Crippen LogP contribution in [-0.4, -0.2) is 47.0 Å². The van der Waals surface area contributed by atoms with Gasteiger partial charge in [0.15, 0.2) is 23.3 Å². The van der Waals surface area contributed by atoms with E-state index >= 15 is 0 Å². The Bertz CT molecular complexity index is 809. The molecule has 1 atom stereocenters. The summed E-state index contributed by atoms with van der Waals surface area (Å²) in [5.41, 5.74) is 0. The summed E-state index contributed by atoms with van der Waals surface area (Å²) in [4.78, 5) is 4.29. The number of ether oxygens (including phenoxy) is 2. The smallest absolute Gasteiger partial charge is 0.191 e. The Kier molecular flexibility index (Phi) is 7.35. The minimum atomic E-state index is -0.0668. The van der Waals surface area contributed by atoms with Gasteiger partial charge in [-0.15, -0.1) is 34.2 Å². The molecule has 0 aliphatic carbocycles. The Hall–Kier alpha value is -2.04. The number of aryl methyl sites for hydroxylation is 1. The molecule has 4 rings (SSSR count). The quantitative estimate of drug-likeness (QED) is 0.382. The summed E-state index contributed by atoms with van der Waals surface area (Å²) in [5.74, 6) is 4.34. The number of aliphatic imine (C=N–C) groups is 1. The Morgan fingerprint density at radius 2 is 2.04 bits per heavy atom. The molecule has 1 aromatic heterocycles. The molecule has 0 saturated carbocycles. The van der Waals surface area contributed by atoms with Gasteiger partial charge in [-0.05, 0) is 25.0 Å². The van der Waals surface area contributed by atoms with Gasteiger partial charge in [0.1, 0.15) is 18.5 Å². The Morgan fingerprint density at radius 1 is 1.18 bits per heavy atom. The number of fused-ring (bicyclic) bond motifs is 2. The zero-order valence-corrected chi connectivity index (χ0v) is 18.4. The number of rotatable bonds is 4. The average molecular weight is 498 g/mol. The van der Waals surface area contributed by atoms with Gasteiger partial charge < -0.3 is 24.7 Å². The van der Waals surface area contributed by atoms with Crippen LogP contribution in [0.1, 0.15) is 30.9 Å². The lowest BCUT2D eigenvalue weighted by Crippen LogP contribution is -2.45. The molecule has 9 heteroatoms. The summed E-state index contributed by atoms with van der Waals surface area (Å²) in [6.45, 7) is 2.71. The molecule has 0 radical (unpaired) electrons. The third kappa shape index (κ3) is 4.86. The van der Waals surface area contributed by atoms with Crippen molar-refractivity contribution in [1.29, 1.82) is 0 Å². The minimum Gasteiger partial charge on any atom is -0.486 e. The van der Waals surface area contributed by atoms with Crippen LogP contribution in [0.4, 0.5) is 0 Å². The summed E-state index contributed by atoms with van der Waals surface area (Å²) >= 11 is 0. The molecule has 1 aromatic carbocycles. The highest BCUT2D eigenvalue weighted by atomic mass is 127. The predicted molar refractivity (Wildman–Crippen MR) is 118 cm³/mol. The highest BCUT2D eigenvalue weighted by Gasteiger charge is 2.21. The van der Waals surface area contributed by atoms with E-state index in [0.29, 0.717) is 25.7 Å². The number of hydrogen-bond donors (Lipinski definition) is 2. The van der Waals surface area contributed by atoms with Crippen molar-refractivity contribution in [1.82, 2.24) is 25.4 Å². The molecule has 28 heavy (non-hydrogen) atoms. The molecule has 0 bridgehead atoms. The standard InChI is InChI=1S/C19H26N6O2.HI/c1-20-19(21-11-14-13-26-15-7-4-5-8-16(15)27-14)22-12-18-24-23-17-9-3-2-6-10-25(17)18;/h4-5,7-8,14H,2-3,6,9-13H2,1H3,(H2,20,21,22);1H. The normalized spacial score (nSPS) is 18.5. The highest BCUT2D eigenvalue weighted by Crippen LogP contribution is 2.30. The summed E-state index contributed by atoms with van der Waals surface area (Å²) in [6.07, 6.45) is 4.59. The van der Waals surface area contributed by atoms with Crippen LogP contribution in [0.2, 0.25) is 0 Å². The first-order valence-electron chi connectivity index (χ1n) is 9.57. The Balaban J connectivity index is 0.00000225. The molecule has 0 amide bonds. The third-order valence-electron chi connectivity index (χ3n) is 4.89. The van der Waals surface area contributed by atoms with Gasteiger partial charge in [0.25, 0.3) is 0 Å². The molecule has 152 valence electrons.